The smallest absolute Gasteiger partial charge is 0.310 e. The molecule has 4 nitrogen and oxygen atoms in total. The van der Waals surface area contributed by atoms with Crippen LogP contribution in [0.1, 0.15) is 45.5 Å². The van der Waals surface area contributed by atoms with Crippen molar-refractivity contribution in [1.82, 2.24) is 9.47 Å². The molecule has 1 aliphatic heterocycles. The van der Waals surface area contributed by atoms with Gasteiger partial charge in [0.2, 0.25) is 0 Å². The van der Waals surface area contributed by atoms with E-state index in [2.05, 4.69) is 61.7 Å². The van der Waals surface area contributed by atoms with Crippen LogP contribution in [0.4, 0.5) is 10.5 Å². The van der Waals surface area contributed by atoms with Crippen LogP contribution in [0.5, 0.6) is 0 Å². The molecule has 1 N–H and O–H groups in total. The first kappa shape index (κ1) is 20.3. The third-order valence-corrected chi connectivity index (χ3v) is 9.13. The molecule has 0 fully saturated rings. The highest BCUT2D eigenvalue weighted by molar-refractivity contribution is 9.10. The summed E-state index contributed by atoms with van der Waals surface area (Å²) in [6.07, 6.45) is 6.92. The number of carbonyl (C=O) groups excluding carboxylic acids is 1. The van der Waals surface area contributed by atoms with Gasteiger partial charge in [0.05, 0.1) is 12.2 Å². The number of anilines is 1. The Bertz CT molecular complexity index is 1270. The Hall–Kier alpha value is -2.35. The van der Waals surface area contributed by atoms with Crippen LogP contribution in [-0.2, 0) is 19.4 Å². The Labute approximate surface area is 203 Å². The van der Waals surface area contributed by atoms with Gasteiger partial charge in [0.15, 0.2) is 0 Å². The second kappa shape index (κ2) is 8.21. The summed E-state index contributed by atoms with van der Waals surface area (Å²) in [6, 6.07) is 16.1. The van der Waals surface area contributed by atoms with Crippen molar-refractivity contribution in [3.05, 3.63) is 91.2 Å². The zero-order chi connectivity index (χ0) is 21.7. The van der Waals surface area contributed by atoms with Crippen LogP contribution in [-0.4, -0.2) is 15.5 Å². The van der Waals surface area contributed by atoms with E-state index in [-0.39, 0.29) is 12.1 Å². The van der Waals surface area contributed by atoms with E-state index < -0.39 is 0 Å². The van der Waals surface area contributed by atoms with Gasteiger partial charge in [-0.1, -0.05) is 22.0 Å². The molecule has 3 aromatic heterocycles. The van der Waals surface area contributed by atoms with Gasteiger partial charge >= 0.3 is 6.03 Å². The van der Waals surface area contributed by atoms with Gasteiger partial charge < -0.3 is 14.8 Å². The lowest BCUT2D eigenvalue weighted by molar-refractivity contribution is 0.195. The summed E-state index contributed by atoms with van der Waals surface area (Å²) >= 11 is 7.10. The van der Waals surface area contributed by atoms with E-state index in [4.69, 9.17) is 0 Å². The number of urea groups is 1. The van der Waals surface area contributed by atoms with Crippen LogP contribution in [0.25, 0.3) is 5.00 Å². The largest absolute Gasteiger partial charge is 0.323 e. The van der Waals surface area contributed by atoms with Crippen molar-refractivity contribution in [3.63, 3.8) is 0 Å². The average molecular weight is 525 g/mol. The van der Waals surface area contributed by atoms with E-state index in [1.165, 1.54) is 38.7 Å². The summed E-state index contributed by atoms with van der Waals surface area (Å²) in [5, 5.41) is 6.53. The molecule has 6 rings (SSSR count). The summed E-state index contributed by atoms with van der Waals surface area (Å²) in [4.78, 5) is 18.4. The first-order valence-electron chi connectivity index (χ1n) is 10.9. The van der Waals surface area contributed by atoms with Crippen molar-refractivity contribution >= 4 is 50.3 Å². The van der Waals surface area contributed by atoms with Gasteiger partial charge in [-0.05, 0) is 79.1 Å². The van der Waals surface area contributed by atoms with E-state index in [1.807, 2.05) is 40.5 Å². The van der Waals surface area contributed by atoms with Crippen molar-refractivity contribution in [2.45, 2.75) is 38.3 Å². The maximum absolute atomic E-state index is 13.7. The molecule has 0 bridgehead atoms. The molecule has 32 heavy (non-hydrogen) atoms. The summed E-state index contributed by atoms with van der Waals surface area (Å²) in [5.74, 6) is 0. The van der Waals surface area contributed by atoms with Gasteiger partial charge in [-0.15, -0.1) is 22.7 Å². The molecule has 0 saturated heterocycles. The predicted octanol–water partition coefficient (Wildman–Crippen LogP) is 7.38. The highest BCUT2D eigenvalue weighted by atomic mass is 79.9. The number of carbonyl (C=O) groups is 1. The number of aromatic nitrogens is 1. The second-order valence-electron chi connectivity index (χ2n) is 8.28. The quantitative estimate of drug-likeness (QED) is 0.292. The maximum atomic E-state index is 13.7. The number of aryl methyl sites for hydroxylation is 1. The Kier molecular flexibility index (Phi) is 5.20. The number of benzene rings is 1. The standard InChI is InChI=1S/C25H22BrN3OS2/c26-16-9-11-17(12-10-16)27-25(30)29-15-19-18-5-1-2-7-21(18)32-24(19)28-13-3-6-20(28)23(29)22-8-4-14-31-22/h3-4,6,8-14,23H,1-2,5,7,15H2,(H,27,30)/t23-/m0/s1. The lowest BCUT2D eigenvalue weighted by Crippen LogP contribution is -2.37. The molecule has 2 aliphatic rings. The van der Waals surface area contributed by atoms with Gasteiger partial charge in [0.25, 0.3) is 0 Å². The van der Waals surface area contributed by atoms with E-state index in [0.29, 0.717) is 6.54 Å². The number of nitrogens with zero attached hydrogens (tertiary/aromatic N) is 2. The lowest BCUT2D eigenvalue weighted by atomic mass is 9.95. The lowest BCUT2D eigenvalue weighted by Gasteiger charge is -2.30. The minimum Gasteiger partial charge on any atom is -0.310 e. The fourth-order valence-electron chi connectivity index (χ4n) is 4.86. The second-order valence-corrected chi connectivity index (χ2v) is 11.3. The van der Waals surface area contributed by atoms with Crippen molar-refractivity contribution < 1.29 is 4.79 Å². The number of amides is 2. The number of thiophene rings is 2. The van der Waals surface area contributed by atoms with Crippen molar-refractivity contribution in [2.75, 3.05) is 5.32 Å². The molecular weight excluding hydrogens is 502 g/mol. The molecule has 0 unspecified atom stereocenters. The normalized spacial score (nSPS) is 17.3. The first-order valence-corrected chi connectivity index (χ1v) is 13.4. The molecular formula is C25H22BrN3OS2. The maximum Gasteiger partial charge on any atom is 0.323 e. The average Bonchev–Trinajstić information content (AvgIpc) is 3.55. The third-order valence-electron chi connectivity index (χ3n) is 6.35. The number of hydrogen-bond donors (Lipinski definition) is 1. The fourth-order valence-corrected chi connectivity index (χ4v) is 7.38. The molecule has 1 atom stereocenters. The highest BCUT2D eigenvalue weighted by Crippen LogP contribution is 2.44. The van der Waals surface area contributed by atoms with Crippen LogP contribution in [0, 0.1) is 0 Å². The van der Waals surface area contributed by atoms with Crippen LogP contribution in [0.15, 0.2) is 64.6 Å². The summed E-state index contributed by atoms with van der Waals surface area (Å²) in [5.41, 5.74) is 4.75. The zero-order valence-electron chi connectivity index (χ0n) is 17.4. The fraction of sp³-hybridized carbons (Fsp3) is 0.240. The van der Waals surface area contributed by atoms with Crippen molar-refractivity contribution in [2.24, 2.45) is 0 Å². The van der Waals surface area contributed by atoms with Crippen LogP contribution in [0.3, 0.4) is 0 Å². The molecule has 0 saturated carbocycles. The first-order chi connectivity index (χ1) is 15.7. The number of nitrogens with one attached hydrogen (secondary N) is 1. The molecule has 162 valence electrons. The monoisotopic (exact) mass is 523 g/mol. The molecule has 4 heterocycles. The predicted molar refractivity (Wildman–Crippen MR) is 135 cm³/mol. The molecule has 0 radical (unpaired) electrons. The SMILES string of the molecule is O=C(Nc1ccc(Br)cc1)N1Cc2c(sc3c2CCCC3)-n2cccc2[C@H]1c1cccs1. The topological polar surface area (TPSA) is 37.3 Å². The molecule has 7 heteroatoms. The van der Waals surface area contributed by atoms with Crippen molar-refractivity contribution in [1.29, 1.82) is 0 Å². The summed E-state index contributed by atoms with van der Waals surface area (Å²) < 4.78 is 3.32. The summed E-state index contributed by atoms with van der Waals surface area (Å²) in [7, 11) is 0. The number of hydrogen-bond acceptors (Lipinski definition) is 3. The van der Waals surface area contributed by atoms with Crippen LogP contribution in [0.2, 0.25) is 0 Å². The van der Waals surface area contributed by atoms with Gasteiger partial charge in [-0.2, -0.15) is 0 Å². The van der Waals surface area contributed by atoms with Crippen LogP contribution < -0.4 is 5.32 Å². The Morgan fingerprint density at radius 3 is 2.69 bits per heavy atom. The number of halogens is 1. The van der Waals surface area contributed by atoms with E-state index in [0.717, 1.165) is 28.7 Å². The number of fused-ring (bicyclic) bond motifs is 5. The zero-order valence-corrected chi connectivity index (χ0v) is 20.6. The molecule has 1 aliphatic carbocycles. The Morgan fingerprint density at radius 1 is 1.03 bits per heavy atom. The van der Waals surface area contributed by atoms with Crippen LogP contribution >= 0.6 is 38.6 Å². The van der Waals surface area contributed by atoms with Gasteiger partial charge in [-0.25, -0.2) is 4.79 Å². The third kappa shape index (κ3) is 3.43. The van der Waals surface area contributed by atoms with E-state index in [9.17, 15) is 4.79 Å². The van der Waals surface area contributed by atoms with Gasteiger partial charge in [0.1, 0.15) is 11.0 Å². The molecule has 1 aromatic carbocycles. The molecule has 2 amide bonds. The van der Waals surface area contributed by atoms with E-state index >= 15 is 0 Å². The highest BCUT2D eigenvalue weighted by Gasteiger charge is 2.36. The van der Waals surface area contributed by atoms with Gasteiger partial charge in [0, 0.05) is 31.7 Å². The minimum absolute atomic E-state index is 0.0675. The summed E-state index contributed by atoms with van der Waals surface area (Å²) in [6.45, 7) is 0.619. The molecule has 4 aromatic rings. The molecule has 0 spiro atoms. The van der Waals surface area contributed by atoms with E-state index in [1.54, 1.807) is 11.3 Å². The van der Waals surface area contributed by atoms with Crippen molar-refractivity contribution in [3.8, 4) is 5.00 Å². The minimum atomic E-state index is -0.126. The Morgan fingerprint density at radius 2 is 1.88 bits per heavy atom. The number of rotatable bonds is 2. The van der Waals surface area contributed by atoms with Gasteiger partial charge in [-0.3, -0.25) is 0 Å². The Balaban J connectivity index is 1.48.